The molecule has 0 fully saturated rings. The number of thiazole rings is 1. The lowest BCUT2D eigenvalue weighted by Gasteiger charge is -2.12. The quantitative estimate of drug-likeness (QED) is 0.575. The summed E-state index contributed by atoms with van der Waals surface area (Å²) in [5.41, 5.74) is 2.91. The van der Waals surface area contributed by atoms with Gasteiger partial charge < -0.3 is 16.0 Å². The molecule has 1 heterocycles. The second kappa shape index (κ2) is 8.44. The van der Waals surface area contributed by atoms with Crippen molar-refractivity contribution in [2.24, 2.45) is 4.99 Å². The number of carbonyl (C=O) groups excluding carboxylic acids is 1. The van der Waals surface area contributed by atoms with E-state index in [9.17, 15) is 4.79 Å². The van der Waals surface area contributed by atoms with Crippen LogP contribution >= 0.6 is 11.3 Å². The summed E-state index contributed by atoms with van der Waals surface area (Å²) in [6.07, 6.45) is 0. The molecule has 6 nitrogen and oxygen atoms in total. The van der Waals surface area contributed by atoms with Crippen LogP contribution in [0.4, 0.5) is 5.69 Å². The maximum atomic E-state index is 11.1. The van der Waals surface area contributed by atoms with E-state index >= 15 is 0 Å². The molecule has 7 heteroatoms. The Bertz CT molecular complexity index is 738. The minimum absolute atomic E-state index is 0.0761. The van der Waals surface area contributed by atoms with Gasteiger partial charge in [-0.1, -0.05) is 12.1 Å². The first kappa shape index (κ1) is 17.9. The number of amides is 1. The van der Waals surface area contributed by atoms with E-state index in [4.69, 9.17) is 0 Å². The molecule has 2 aromatic rings. The van der Waals surface area contributed by atoms with Gasteiger partial charge in [-0.05, 0) is 31.5 Å². The minimum Gasteiger partial charge on any atom is -0.352 e. The fourth-order valence-electron chi connectivity index (χ4n) is 2.27. The zero-order valence-electron chi connectivity index (χ0n) is 14.4. The van der Waals surface area contributed by atoms with Crippen molar-refractivity contribution in [3.63, 3.8) is 0 Å². The number of hydrogen-bond donors (Lipinski definition) is 3. The van der Waals surface area contributed by atoms with Gasteiger partial charge in [-0.25, -0.2) is 4.98 Å². The normalized spacial score (nSPS) is 11.2. The maximum absolute atomic E-state index is 11.1. The largest absolute Gasteiger partial charge is 0.352 e. The maximum Gasteiger partial charge on any atom is 0.221 e. The number of benzene rings is 1. The van der Waals surface area contributed by atoms with Gasteiger partial charge in [0.25, 0.3) is 0 Å². The van der Waals surface area contributed by atoms with E-state index in [1.165, 1.54) is 11.8 Å². The first-order chi connectivity index (χ1) is 11.5. The summed E-state index contributed by atoms with van der Waals surface area (Å²) in [6.45, 7) is 6.84. The molecule has 1 aromatic carbocycles. The molecule has 0 spiro atoms. The van der Waals surface area contributed by atoms with Crippen molar-refractivity contribution >= 4 is 28.9 Å². The smallest absolute Gasteiger partial charge is 0.221 e. The van der Waals surface area contributed by atoms with Crippen LogP contribution < -0.4 is 16.0 Å². The number of anilines is 1. The van der Waals surface area contributed by atoms with E-state index in [0.29, 0.717) is 13.1 Å². The van der Waals surface area contributed by atoms with Gasteiger partial charge >= 0.3 is 0 Å². The minimum atomic E-state index is -0.0761. The Morgan fingerprint density at radius 3 is 2.62 bits per heavy atom. The number of aromatic nitrogens is 1. The molecule has 0 radical (unpaired) electrons. The number of nitrogens with one attached hydrogen (secondary N) is 3. The Morgan fingerprint density at radius 1 is 1.25 bits per heavy atom. The highest BCUT2D eigenvalue weighted by atomic mass is 32.1. The summed E-state index contributed by atoms with van der Waals surface area (Å²) in [5, 5.41) is 10.4. The first-order valence-corrected chi connectivity index (χ1v) is 8.53. The second-order valence-corrected chi connectivity index (χ2v) is 6.69. The summed E-state index contributed by atoms with van der Waals surface area (Å²) in [7, 11) is 1.74. The van der Waals surface area contributed by atoms with Crippen LogP contribution in [0.1, 0.15) is 28.1 Å². The fourth-order valence-corrected chi connectivity index (χ4v) is 3.15. The van der Waals surface area contributed by atoms with Crippen molar-refractivity contribution < 1.29 is 4.79 Å². The zero-order valence-corrected chi connectivity index (χ0v) is 15.3. The van der Waals surface area contributed by atoms with E-state index < -0.39 is 0 Å². The lowest BCUT2D eigenvalue weighted by atomic mass is 10.2. The number of nitrogens with zero attached hydrogens (tertiary/aromatic N) is 2. The van der Waals surface area contributed by atoms with Gasteiger partial charge in [0.2, 0.25) is 5.91 Å². The number of aryl methyl sites for hydroxylation is 2. The van der Waals surface area contributed by atoms with E-state index in [-0.39, 0.29) is 5.91 Å². The van der Waals surface area contributed by atoms with Gasteiger partial charge in [-0.15, -0.1) is 11.3 Å². The molecular formula is C17H23N5OS. The topological polar surface area (TPSA) is 78.4 Å². The molecule has 24 heavy (non-hydrogen) atoms. The monoisotopic (exact) mass is 345 g/mol. The van der Waals surface area contributed by atoms with Crippen molar-refractivity contribution in [1.29, 1.82) is 0 Å². The Hall–Kier alpha value is -2.41. The number of carbonyl (C=O) groups is 1. The Balaban J connectivity index is 1.89. The number of aliphatic imine (C=N–C) groups is 1. The van der Waals surface area contributed by atoms with Gasteiger partial charge in [0.1, 0.15) is 0 Å². The van der Waals surface area contributed by atoms with Gasteiger partial charge in [-0.3, -0.25) is 9.79 Å². The van der Waals surface area contributed by atoms with Crippen molar-refractivity contribution in [1.82, 2.24) is 15.6 Å². The molecule has 2 rings (SSSR count). The highest BCUT2D eigenvalue weighted by molar-refractivity contribution is 7.11. The van der Waals surface area contributed by atoms with Gasteiger partial charge in [0.05, 0.1) is 17.2 Å². The number of hydrogen-bond acceptors (Lipinski definition) is 4. The van der Waals surface area contributed by atoms with Crippen LogP contribution in [-0.2, 0) is 17.9 Å². The van der Waals surface area contributed by atoms with Crippen LogP contribution in [0.15, 0.2) is 29.3 Å². The molecule has 0 saturated heterocycles. The van der Waals surface area contributed by atoms with Crippen LogP contribution in [0.3, 0.4) is 0 Å². The predicted octanol–water partition coefficient (Wildman–Crippen LogP) is 2.58. The molecule has 0 unspecified atom stereocenters. The molecular weight excluding hydrogens is 322 g/mol. The van der Waals surface area contributed by atoms with Gasteiger partial charge in [0, 0.05) is 31.1 Å². The highest BCUT2D eigenvalue weighted by Gasteiger charge is 2.06. The predicted molar refractivity (Wildman–Crippen MR) is 99.4 cm³/mol. The highest BCUT2D eigenvalue weighted by Crippen LogP contribution is 2.16. The molecule has 1 aromatic heterocycles. The third kappa shape index (κ3) is 5.34. The van der Waals surface area contributed by atoms with Crippen LogP contribution in [-0.4, -0.2) is 23.9 Å². The Kier molecular flexibility index (Phi) is 6.31. The third-order valence-electron chi connectivity index (χ3n) is 3.35. The van der Waals surface area contributed by atoms with E-state index in [0.717, 1.165) is 27.9 Å². The van der Waals surface area contributed by atoms with Gasteiger partial charge in [-0.2, -0.15) is 0 Å². The van der Waals surface area contributed by atoms with Gasteiger partial charge in [0.15, 0.2) is 5.96 Å². The van der Waals surface area contributed by atoms with E-state index in [2.05, 4.69) is 25.9 Å². The van der Waals surface area contributed by atoms with Crippen LogP contribution in [0, 0.1) is 13.8 Å². The summed E-state index contributed by atoms with van der Waals surface area (Å²) < 4.78 is 0. The molecule has 0 saturated carbocycles. The molecule has 0 bridgehead atoms. The molecule has 3 N–H and O–H groups in total. The van der Waals surface area contributed by atoms with Crippen molar-refractivity contribution in [3.05, 3.63) is 45.4 Å². The fraction of sp³-hybridized carbons (Fsp3) is 0.353. The van der Waals surface area contributed by atoms with Crippen LogP contribution in [0.2, 0.25) is 0 Å². The molecule has 128 valence electrons. The van der Waals surface area contributed by atoms with Crippen molar-refractivity contribution in [2.45, 2.75) is 33.9 Å². The standard InChI is InChI=1S/C17H23N5OS/c1-11-16(24-13(3)21-11)10-20-17(18-4)19-9-14-6-5-7-15(8-14)22-12(2)23/h5-8H,9-10H2,1-4H3,(H,22,23)(H2,18,19,20). The average Bonchev–Trinajstić information content (AvgIpc) is 2.85. The summed E-state index contributed by atoms with van der Waals surface area (Å²) in [5.74, 6) is 0.651. The zero-order chi connectivity index (χ0) is 17.5. The summed E-state index contributed by atoms with van der Waals surface area (Å²) in [6, 6.07) is 7.73. The average molecular weight is 345 g/mol. The number of rotatable bonds is 5. The van der Waals surface area contributed by atoms with Crippen molar-refractivity contribution in [2.75, 3.05) is 12.4 Å². The number of guanidine groups is 1. The molecule has 0 atom stereocenters. The Labute approximate surface area is 146 Å². The van der Waals surface area contributed by atoms with Crippen molar-refractivity contribution in [3.8, 4) is 0 Å². The molecule has 1 amide bonds. The lowest BCUT2D eigenvalue weighted by Crippen LogP contribution is -2.36. The van der Waals surface area contributed by atoms with Crippen LogP contribution in [0.5, 0.6) is 0 Å². The Morgan fingerprint density at radius 2 is 2.00 bits per heavy atom. The van der Waals surface area contributed by atoms with Crippen LogP contribution in [0.25, 0.3) is 0 Å². The lowest BCUT2D eigenvalue weighted by molar-refractivity contribution is -0.114. The van der Waals surface area contributed by atoms with E-state index in [1.54, 1.807) is 18.4 Å². The molecule has 0 aliphatic carbocycles. The molecule has 0 aliphatic heterocycles. The SMILES string of the molecule is CN=C(NCc1cccc(NC(C)=O)c1)NCc1sc(C)nc1C. The summed E-state index contributed by atoms with van der Waals surface area (Å²) >= 11 is 1.69. The third-order valence-corrected chi connectivity index (χ3v) is 4.42. The summed E-state index contributed by atoms with van der Waals surface area (Å²) in [4.78, 5) is 21.0. The van der Waals surface area contributed by atoms with E-state index in [1.807, 2.05) is 38.1 Å². The first-order valence-electron chi connectivity index (χ1n) is 7.72. The molecule has 0 aliphatic rings. The second-order valence-electron chi connectivity index (χ2n) is 5.40.